The molecule has 1 heterocycles. The fourth-order valence-electron chi connectivity index (χ4n) is 2.34. The van der Waals surface area contributed by atoms with Gasteiger partial charge in [-0.25, -0.2) is 0 Å². The third-order valence-electron chi connectivity index (χ3n) is 3.16. The Morgan fingerprint density at radius 1 is 1.28 bits per heavy atom. The minimum atomic E-state index is -0.419. The lowest BCUT2D eigenvalue weighted by Crippen LogP contribution is -2.56. The zero-order valence-electron chi connectivity index (χ0n) is 10.7. The monoisotopic (exact) mass is 248 g/mol. The second-order valence-corrected chi connectivity index (χ2v) is 5.50. The molecule has 5 nitrogen and oxygen atoms in total. The zero-order chi connectivity index (χ0) is 13.5. The molecule has 1 aromatic carbocycles. The lowest BCUT2D eigenvalue weighted by molar-refractivity contribution is -0.384. The maximum atomic E-state index is 11.7. The number of rotatable bonds is 2. The molecule has 1 saturated heterocycles. The van der Waals surface area contributed by atoms with Crippen molar-refractivity contribution in [2.24, 2.45) is 0 Å². The molecule has 0 aliphatic carbocycles. The van der Waals surface area contributed by atoms with Gasteiger partial charge in [0.25, 0.3) is 5.69 Å². The first-order valence-electron chi connectivity index (χ1n) is 5.87. The Kier molecular flexibility index (Phi) is 2.84. The Morgan fingerprint density at radius 2 is 1.83 bits per heavy atom. The summed E-state index contributed by atoms with van der Waals surface area (Å²) in [6.45, 7) is 5.97. The van der Waals surface area contributed by atoms with Crippen molar-refractivity contribution in [1.29, 1.82) is 0 Å². The third kappa shape index (κ3) is 2.08. The van der Waals surface area contributed by atoms with Gasteiger partial charge in [0.05, 0.1) is 17.4 Å². The van der Waals surface area contributed by atoms with Crippen LogP contribution in [0.15, 0.2) is 24.3 Å². The van der Waals surface area contributed by atoms with Crippen LogP contribution in [0, 0.1) is 10.1 Å². The SMILES string of the molecule is CC(C)(C)N1C(=O)C[C@H]1c1ccc([N+](=O)[O-])cc1. The summed E-state index contributed by atoms with van der Waals surface area (Å²) < 4.78 is 0. The van der Waals surface area contributed by atoms with Crippen molar-refractivity contribution < 1.29 is 9.72 Å². The number of hydrogen-bond acceptors (Lipinski definition) is 3. The van der Waals surface area contributed by atoms with Gasteiger partial charge in [-0.1, -0.05) is 12.1 Å². The molecule has 0 N–H and O–H groups in total. The molecule has 2 rings (SSSR count). The van der Waals surface area contributed by atoms with Crippen LogP contribution in [0.1, 0.15) is 38.8 Å². The van der Waals surface area contributed by atoms with Gasteiger partial charge in [-0.05, 0) is 26.3 Å². The maximum Gasteiger partial charge on any atom is 0.269 e. The Labute approximate surface area is 106 Å². The molecule has 0 bridgehead atoms. The van der Waals surface area contributed by atoms with E-state index in [1.54, 1.807) is 12.1 Å². The molecule has 1 aliphatic heterocycles. The van der Waals surface area contributed by atoms with E-state index in [0.29, 0.717) is 6.42 Å². The van der Waals surface area contributed by atoms with Crippen LogP contribution < -0.4 is 0 Å². The van der Waals surface area contributed by atoms with E-state index < -0.39 is 4.92 Å². The first kappa shape index (κ1) is 12.5. The van der Waals surface area contributed by atoms with Crippen molar-refractivity contribution >= 4 is 11.6 Å². The van der Waals surface area contributed by atoms with Gasteiger partial charge in [-0.2, -0.15) is 0 Å². The van der Waals surface area contributed by atoms with Crippen molar-refractivity contribution in [3.05, 3.63) is 39.9 Å². The minimum absolute atomic E-state index is 0.0401. The lowest BCUT2D eigenvalue weighted by atomic mass is 9.88. The quantitative estimate of drug-likeness (QED) is 0.459. The molecule has 96 valence electrons. The largest absolute Gasteiger partial charge is 0.330 e. The van der Waals surface area contributed by atoms with Gasteiger partial charge in [0.15, 0.2) is 0 Å². The molecule has 1 aromatic rings. The second kappa shape index (κ2) is 4.08. The summed E-state index contributed by atoms with van der Waals surface area (Å²) in [4.78, 5) is 23.6. The molecule has 18 heavy (non-hydrogen) atoms. The number of nitrogens with zero attached hydrogens (tertiary/aromatic N) is 2. The highest BCUT2D eigenvalue weighted by Crippen LogP contribution is 2.40. The molecule has 0 radical (unpaired) electrons. The molecule has 1 fully saturated rings. The smallest absolute Gasteiger partial charge is 0.269 e. The van der Waals surface area contributed by atoms with E-state index in [1.807, 2.05) is 25.7 Å². The van der Waals surface area contributed by atoms with Crippen molar-refractivity contribution in [1.82, 2.24) is 4.90 Å². The maximum absolute atomic E-state index is 11.7. The minimum Gasteiger partial charge on any atom is -0.330 e. The Morgan fingerprint density at radius 3 is 2.22 bits per heavy atom. The van der Waals surface area contributed by atoms with Gasteiger partial charge < -0.3 is 4.90 Å². The van der Waals surface area contributed by atoms with Crippen LogP contribution in [0.2, 0.25) is 0 Å². The molecule has 1 amide bonds. The molecule has 5 heteroatoms. The molecular formula is C13H16N2O3. The first-order chi connectivity index (χ1) is 8.30. The van der Waals surface area contributed by atoms with Gasteiger partial charge in [0, 0.05) is 17.7 Å². The normalized spacial score (nSPS) is 19.6. The van der Waals surface area contributed by atoms with Crippen LogP contribution in [0.5, 0.6) is 0 Å². The number of carbonyl (C=O) groups is 1. The van der Waals surface area contributed by atoms with E-state index in [0.717, 1.165) is 5.56 Å². The summed E-state index contributed by atoms with van der Waals surface area (Å²) in [7, 11) is 0. The number of carbonyl (C=O) groups excluding carboxylic acids is 1. The van der Waals surface area contributed by atoms with Gasteiger partial charge in [-0.15, -0.1) is 0 Å². The van der Waals surface area contributed by atoms with Gasteiger partial charge >= 0.3 is 0 Å². The van der Waals surface area contributed by atoms with Crippen molar-refractivity contribution in [2.45, 2.75) is 38.8 Å². The number of hydrogen-bond donors (Lipinski definition) is 0. The van der Waals surface area contributed by atoms with Crippen molar-refractivity contribution in [2.75, 3.05) is 0 Å². The highest BCUT2D eigenvalue weighted by Gasteiger charge is 2.43. The average Bonchev–Trinajstić information content (AvgIpc) is 2.23. The third-order valence-corrected chi connectivity index (χ3v) is 3.16. The zero-order valence-corrected chi connectivity index (χ0v) is 10.7. The molecule has 0 spiro atoms. The molecule has 0 unspecified atom stereocenters. The van der Waals surface area contributed by atoms with Crippen LogP contribution >= 0.6 is 0 Å². The highest BCUT2D eigenvalue weighted by atomic mass is 16.6. The highest BCUT2D eigenvalue weighted by molar-refractivity contribution is 5.84. The summed E-state index contributed by atoms with van der Waals surface area (Å²) >= 11 is 0. The molecule has 0 aromatic heterocycles. The second-order valence-electron chi connectivity index (χ2n) is 5.50. The van der Waals surface area contributed by atoms with E-state index in [1.165, 1.54) is 12.1 Å². The summed E-state index contributed by atoms with van der Waals surface area (Å²) in [6.07, 6.45) is 0.481. The number of nitro benzene ring substituents is 1. The molecule has 1 atom stereocenters. The fraction of sp³-hybridized carbons (Fsp3) is 0.462. The van der Waals surface area contributed by atoms with Gasteiger partial charge in [0.2, 0.25) is 5.91 Å². The number of amides is 1. The van der Waals surface area contributed by atoms with Crippen LogP contribution in [0.25, 0.3) is 0 Å². The average molecular weight is 248 g/mol. The fourth-order valence-corrected chi connectivity index (χ4v) is 2.34. The van der Waals surface area contributed by atoms with E-state index >= 15 is 0 Å². The van der Waals surface area contributed by atoms with E-state index in [9.17, 15) is 14.9 Å². The standard InChI is InChI=1S/C13H16N2O3/c1-13(2,3)14-11(8-12(14)16)9-4-6-10(7-5-9)15(17)18/h4-7,11H,8H2,1-3H3/t11-/m0/s1. The number of nitro groups is 1. The summed E-state index contributed by atoms with van der Waals surface area (Å²) in [6, 6.07) is 6.47. The van der Waals surface area contributed by atoms with E-state index in [2.05, 4.69) is 0 Å². The number of non-ortho nitro benzene ring substituents is 1. The predicted octanol–water partition coefficient (Wildman–Crippen LogP) is 2.67. The van der Waals surface area contributed by atoms with E-state index in [-0.39, 0.29) is 23.2 Å². The summed E-state index contributed by atoms with van der Waals surface area (Å²) in [5.74, 6) is 0.130. The van der Waals surface area contributed by atoms with Crippen LogP contribution in [-0.4, -0.2) is 21.3 Å². The van der Waals surface area contributed by atoms with Crippen molar-refractivity contribution in [3.8, 4) is 0 Å². The van der Waals surface area contributed by atoms with Crippen LogP contribution in [0.3, 0.4) is 0 Å². The Balaban J connectivity index is 2.23. The Hall–Kier alpha value is -1.91. The first-order valence-corrected chi connectivity index (χ1v) is 5.87. The number of β-lactam (4-membered cyclic amide) rings is 1. The predicted molar refractivity (Wildman–Crippen MR) is 67.1 cm³/mol. The molecule has 1 aliphatic rings. The van der Waals surface area contributed by atoms with E-state index in [4.69, 9.17) is 0 Å². The van der Waals surface area contributed by atoms with Crippen LogP contribution in [0.4, 0.5) is 5.69 Å². The lowest BCUT2D eigenvalue weighted by Gasteiger charge is -2.49. The Bertz CT molecular complexity index is 488. The van der Waals surface area contributed by atoms with Crippen LogP contribution in [-0.2, 0) is 4.79 Å². The van der Waals surface area contributed by atoms with Crippen molar-refractivity contribution in [3.63, 3.8) is 0 Å². The molecular weight excluding hydrogens is 232 g/mol. The number of likely N-dealkylation sites (tertiary alicyclic amines) is 1. The molecule has 0 saturated carbocycles. The summed E-state index contributed by atoms with van der Waals surface area (Å²) in [5, 5.41) is 10.6. The topological polar surface area (TPSA) is 63.5 Å². The summed E-state index contributed by atoms with van der Waals surface area (Å²) in [5.41, 5.74) is 0.809. The van der Waals surface area contributed by atoms with Gasteiger partial charge in [-0.3, -0.25) is 14.9 Å². The number of benzene rings is 1. The van der Waals surface area contributed by atoms with Gasteiger partial charge in [0.1, 0.15) is 0 Å².